The van der Waals surface area contributed by atoms with Crippen LogP contribution in [0.25, 0.3) is 0 Å². The van der Waals surface area contributed by atoms with Gasteiger partial charge in [0.05, 0.1) is 7.11 Å². The van der Waals surface area contributed by atoms with Gasteiger partial charge in [-0.05, 0) is 32.2 Å². The molecule has 0 aromatic carbocycles. The number of aromatic nitrogens is 2. The second-order valence-corrected chi connectivity index (χ2v) is 5.64. The van der Waals surface area contributed by atoms with Crippen LogP contribution < -0.4 is 10.6 Å². The van der Waals surface area contributed by atoms with Crippen molar-refractivity contribution in [1.82, 2.24) is 9.97 Å². The Kier molecular flexibility index (Phi) is 5.12. The molecule has 1 aromatic rings. The number of carbonyl (C=O) groups excluding carboxylic acids is 1. The van der Waals surface area contributed by atoms with Crippen LogP contribution in [0.2, 0.25) is 0 Å². The summed E-state index contributed by atoms with van der Waals surface area (Å²) in [4.78, 5) is 22.3. The fourth-order valence-electron chi connectivity index (χ4n) is 3.06. The molecule has 0 amide bonds. The van der Waals surface area contributed by atoms with Gasteiger partial charge in [0.1, 0.15) is 5.82 Å². The molecule has 1 aliphatic carbocycles. The van der Waals surface area contributed by atoms with Gasteiger partial charge in [0.25, 0.3) is 0 Å². The van der Waals surface area contributed by atoms with Crippen molar-refractivity contribution in [2.45, 2.75) is 38.6 Å². The molecule has 1 saturated carbocycles. The highest BCUT2D eigenvalue weighted by atomic mass is 16.5. The smallest absolute Gasteiger partial charge is 0.376 e. The number of ether oxygens (including phenoxy) is 1. The molecule has 2 atom stereocenters. The molecule has 0 bridgehead atoms. The number of nitrogens with zero attached hydrogens (tertiary/aromatic N) is 3. The van der Waals surface area contributed by atoms with Gasteiger partial charge in [-0.3, -0.25) is 0 Å². The van der Waals surface area contributed by atoms with E-state index in [-0.39, 0.29) is 5.82 Å². The fraction of sp³-hybridized carbons (Fsp3) is 0.667. The van der Waals surface area contributed by atoms with Crippen LogP contribution >= 0.6 is 0 Å². The van der Waals surface area contributed by atoms with Crippen molar-refractivity contribution in [1.29, 1.82) is 0 Å². The molecule has 116 valence electrons. The molecule has 1 fully saturated rings. The van der Waals surface area contributed by atoms with Crippen LogP contribution in [0.4, 0.5) is 5.82 Å². The van der Waals surface area contributed by atoms with Crippen molar-refractivity contribution in [2.24, 2.45) is 11.7 Å². The van der Waals surface area contributed by atoms with Gasteiger partial charge < -0.3 is 15.4 Å². The molecule has 0 saturated heterocycles. The third kappa shape index (κ3) is 3.50. The predicted octanol–water partition coefficient (Wildman–Crippen LogP) is 1.53. The summed E-state index contributed by atoms with van der Waals surface area (Å²) in [7, 11) is 3.35. The third-order valence-electron chi connectivity index (χ3n) is 4.24. The molecule has 1 aromatic heterocycles. The highest BCUT2D eigenvalue weighted by Crippen LogP contribution is 2.29. The van der Waals surface area contributed by atoms with Gasteiger partial charge in [-0.25, -0.2) is 14.8 Å². The van der Waals surface area contributed by atoms with Crippen molar-refractivity contribution in [3.05, 3.63) is 17.6 Å². The van der Waals surface area contributed by atoms with Gasteiger partial charge in [0.2, 0.25) is 5.82 Å². The van der Waals surface area contributed by atoms with Gasteiger partial charge in [0.15, 0.2) is 0 Å². The summed E-state index contributed by atoms with van der Waals surface area (Å²) in [5, 5.41) is 0. The van der Waals surface area contributed by atoms with Gasteiger partial charge in [-0.15, -0.1) is 0 Å². The summed E-state index contributed by atoms with van der Waals surface area (Å²) < 4.78 is 4.71. The number of nitrogens with two attached hydrogens (primary N) is 1. The van der Waals surface area contributed by atoms with Crippen LogP contribution in [0.15, 0.2) is 6.07 Å². The quantitative estimate of drug-likeness (QED) is 0.847. The largest absolute Gasteiger partial charge is 0.463 e. The first-order valence-electron chi connectivity index (χ1n) is 7.43. The summed E-state index contributed by atoms with van der Waals surface area (Å²) in [6.45, 7) is 2.54. The Balaban J connectivity index is 2.27. The lowest BCUT2D eigenvalue weighted by molar-refractivity contribution is 0.0586. The Morgan fingerprint density at radius 3 is 2.81 bits per heavy atom. The summed E-state index contributed by atoms with van der Waals surface area (Å²) in [6.07, 6.45) is 4.70. The van der Waals surface area contributed by atoms with Crippen molar-refractivity contribution in [3.63, 3.8) is 0 Å². The lowest BCUT2D eigenvalue weighted by Gasteiger charge is -2.38. The topological polar surface area (TPSA) is 81.3 Å². The van der Waals surface area contributed by atoms with Gasteiger partial charge in [-0.2, -0.15) is 0 Å². The van der Waals surface area contributed by atoms with Gasteiger partial charge in [-0.1, -0.05) is 12.8 Å². The van der Waals surface area contributed by atoms with E-state index in [4.69, 9.17) is 10.5 Å². The van der Waals surface area contributed by atoms with Gasteiger partial charge in [0, 0.05) is 24.8 Å². The number of anilines is 1. The highest BCUT2D eigenvalue weighted by molar-refractivity contribution is 5.85. The summed E-state index contributed by atoms with van der Waals surface area (Å²) in [5.74, 6) is 0.834. The Bertz CT molecular complexity index is 506. The van der Waals surface area contributed by atoms with Gasteiger partial charge >= 0.3 is 5.97 Å². The first-order valence-corrected chi connectivity index (χ1v) is 7.43. The lowest BCUT2D eigenvalue weighted by atomic mass is 9.84. The molecule has 21 heavy (non-hydrogen) atoms. The van der Waals surface area contributed by atoms with E-state index >= 15 is 0 Å². The summed E-state index contributed by atoms with van der Waals surface area (Å²) in [5.41, 5.74) is 6.66. The number of hydrogen-bond acceptors (Lipinski definition) is 6. The van der Waals surface area contributed by atoms with E-state index in [1.807, 2.05) is 20.0 Å². The molecule has 0 aliphatic heterocycles. The van der Waals surface area contributed by atoms with E-state index in [1.165, 1.54) is 20.0 Å². The minimum absolute atomic E-state index is 0.111. The molecular weight excluding hydrogens is 268 g/mol. The second-order valence-electron chi connectivity index (χ2n) is 5.64. The minimum atomic E-state index is -0.507. The molecule has 6 nitrogen and oxygen atoms in total. The van der Waals surface area contributed by atoms with Crippen LogP contribution in [-0.2, 0) is 4.74 Å². The van der Waals surface area contributed by atoms with Crippen molar-refractivity contribution in [3.8, 4) is 0 Å². The molecular formula is C15H24N4O2. The zero-order valence-corrected chi connectivity index (χ0v) is 13.0. The molecule has 0 radical (unpaired) electrons. The van der Waals surface area contributed by atoms with Crippen molar-refractivity contribution >= 4 is 11.8 Å². The van der Waals surface area contributed by atoms with Crippen molar-refractivity contribution in [2.75, 3.05) is 25.6 Å². The maximum absolute atomic E-state index is 11.7. The number of methoxy groups -OCH3 is 1. The fourth-order valence-corrected chi connectivity index (χ4v) is 3.06. The zero-order chi connectivity index (χ0) is 15.4. The molecule has 0 spiro atoms. The molecule has 2 rings (SSSR count). The monoisotopic (exact) mass is 292 g/mol. The predicted molar refractivity (Wildman–Crippen MR) is 81.3 cm³/mol. The van der Waals surface area contributed by atoms with Crippen LogP contribution in [0, 0.1) is 12.8 Å². The average Bonchev–Trinajstić information content (AvgIpc) is 2.52. The molecule has 2 unspecified atom stereocenters. The van der Waals surface area contributed by atoms with Crippen LogP contribution in [0.5, 0.6) is 0 Å². The SMILES string of the molecule is COC(=O)c1nc(C)cc(N(C)C2CCCCC2CN)n1. The summed E-state index contributed by atoms with van der Waals surface area (Å²) in [6, 6.07) is 2.26. The van der Waals surface area contributed by atoms with E-state index in [2.05, 4.69) is 14.9 Å². The Labute approximate surface area is 125 Å². The van der Waals surface area contributed by atoms with E-state index in [1.54, 1.807) is 0 Å². The van der Waals surface area contributed by atoms with E-state index in [0.29, 0.717) is 18.5 Å². The number of rotatable bonds is 4. The van der Waals surface area contributed by atoms with Crippen molar-refractivity contribution < 1.29 is 9.53 Å². The maximum atomic E-state index is 11.7. The molecule has 6 heteroatoms. The highest BCUT2D eigenvalue weighted by Gasteiger charge is 2.28. The normalized spacial score (nSPS) is 21.9. The summed E-state index contributed by atoms with van der Waals surface area (Å²) >= 11 is 0. The Hall–Kier alpha value is -1.69. The first kappa shape index (κ1) is 15.7. The number of aryl methyl sites for hydroxylation is 1. The van der Waals surface area contributed by atoms with E-state index in [9.17, 15) is 4.79 Å². The number of hydrogen-bond donors (Lipinski definition) is 1. The standard InChI is InChI=1S/C15H24N4O2/c1-10-8-13(18-14(17-10)15(20)21-3)19(2)12-7-5-4-6-11(12)9-16/h8,11-12H,4-7,9,16H2,1-3H3. The van der Waals surface area contributed by atoms with Crippen LogP contribution in [0.3, 0.4) is 0 Å². The second kappa shape index (κ2) is 6.85. The van der Waals surface area contributed by atoms with E-state index in [0.717, 1.165) is 24.4 Å². The Morgan fingerprint density at radius 1 is 1.43 bits per heavy atom. The average molecular weight is 292 g/mol. The minimum Gasteiger partial charge on any atom is -0.463 e. The van der Waals surface area contributed by atoms with Crippen LogP contribution in [-0.4, -0.2) is 42.7 Å². The molecule has 1 aliphatic rings. The third-order valence-corrected chi connectivity index (χ3v) is 4.24. The Morgan fingerprint density at radius 2 is 2.14 bits per heavy atom. The number of esters is 1. The van der Waals surface area contributed by atoms with Crippen LogP contribution in [0.1, 0.15) is 42.0 Å². The first-order chi connectivity index (χ1) is 10.1. The molecule has 1 heterocycles. The van der Waals surface area contributed by atoms with E-state index < -0.39 is 5.97 Å². The number of carbonyl (C=O) groups is 1. The maximum Gasteiger partial charge on any atom is 0.376 e. The molecule has 2 N–H and O–H groups in total. The zero-order valence-electron chi connectivity index (χ0n) is 13.0. The lowest BCUT2D eigenvalue weighted by Crippen LogP contribution is -2.43.